The molecule has 3 heteroatoms. The van der Waals surface area contributed by atoms with E-state index in [1.165, 1.54) is 12.0 Å². The van der Waals surface area contributed by atoms with Gasteiger partial charge in [0.1, 0.15) is 6.61 Å². The molecule has 2 rings (SSSR count). The smallest absolute Gasteiger partial charge is 0.247 e. The van der Waals surface area contributed by atoms with Crippen LogP contribution in [0, 0.1) is 0 Å². The van der Waals surface area contributed by atoms with E-state index in [1.807, 2.05) is 60.7 Å². The van der Waals surface area contributed by atoms with Gasteiger partial charge in [-0.05, 0) is 17.7 Å². The average molecular weight is 241 g/mol. The molecular formula is C15H15NO2. The summed E-state index contributed by atoms with van der Waals surface area (Å²) in [4.78, 5) is 17.1. The van der Waals surface area contributed by atoms with E-state index < -0.39 is 0 Å². The van der Waals surface area contributed by atoms with E-state index in [0.717, 1.165) is 11.3 Å². The topological polar surface area (TPSA) is 29.5 Å². The zero-order chi connectivity index (χ0) is 12.8. The molecule has 0 aromatic heterocycles. The van der Waals surface area contributed by atoms with Crippen LogP contribution in [0.5, 0.6) is 0 Å². The summed E-state index contributed by atoms with van der Waals surface area (Å²) in [6.07, 6.45) is 0. The van der Waals surface area contributed by atoms with Gasteiger partial charge in [-0.25, -0.2) is 0 Å². The van der Waals surface area contributed by atoms with Gasteiger partial charge in [0, 0.05) is 6.92 Å². The van der Waals surface area contributed by atoms with Crippen molar-refractivity contribution in [3.63, 3.8) is 0 Å². The maximum atomic E-state index is 11.6. The maximum Gasteiger partial charge on any atom is 0.247 e. The molecule has 0 aliphatic rings. The molecule has 0 atom stereocenters. The predicted octanol–water partition coefficient (Wildman–Crippen LogP) is 3.17. The third-order valence-corrected chi connectivity index (χ3v) is 2.48. The first-order valence-corrected chi connectivity index (χ1v) is 5.80. The number of benzene rings is 2. The number of hydrogen-bond donors (Lipinski definition) is 0. The molecule has 0 aliphatic heterocycles. The van der Waals surface area contributed by atoms with Crippen molar-refractivity contribution in [2.45, 2.75) is 13.5 Å². The number of anilines is 1. The Morgan fingerprint density at radius 2 is 1.56 bits per heavy atom. The van der Waals surface area contributed by atoms with Crippen molar-refractivity contribution in [1.82, 2.24) is 0 Å². The number of nitrogens with zero attached hydrogens (tertiary/aromatic N) is 1. The molecule has 92 valence electrons. The summed E-state index contributed by atoms with van der Waals surface area (Å²) >= 11 is 0. The van der Waals surface area contributed by atoms with E-state index in [4.69, 9.17) is 4.84 Å². The van der Waals surface area contributed by atoms with Gasteiger partial charge in [-0.15, -0.1) is 0 Å². The molecule has 0 aliphatic carbocycles. The van der Waals surface area contributed by atoms with Crippen LogP contribution in [0.4, 0.5) is 5.69 Å². The van der Waals surface area contributed by atoms with E-state index in [2.05, 4.69) is 0 Å². The molecule has 2 aromatic rings. The molecule has 0 saturated carbocycles. The third-order valence-electron chi connectivity index (χ3n) is 2.48. The molecule has 0 heterocycles. The predicted molar refractivity (Wildman–Crippen MR) is 70.8 cm³/mol. The summed E-state index contributed by atoms with van der Waals surface area (Å²) in [6, 6.07) is 19.1. The Labute approximate surface area is 107 Å². The van der Waals surface area contributed by atoms with Crippen molar-refractivity contribution in [3.8, 4) is 0 Å². The summed E-state index contributed by atoms with van der Waals surface area (Å²) in [5, 5.41) is 1.31. The molecule has 3 nitrogen and oxygen atoms in total. The Morgan fingerprint density at radius 3 is 2.11 bits per heavy atom. The zero-order valence-corrected chi connectivity index (χ0v) is 10.2. The van der Waals surface area contributed by atoms with Crippen LogP contribution in [-0.2, 0) is 16.2 Å². The van der Waals surface area contributed by atoms with Gasteiger partial charge in [-0.3, -0.25) is 9.63 Å². The first-order chi connectivity index (χ1) is 8.77. The van der Waals surface area contributed by atoms with Crippen molar-refractivity contribution < 1.29 is 9.63 Å². The Morgan fingerprint density at radius 1 is 1.00 bits per heavy atom. The normalized spacial score (nSPS) is 10.1. The lowest BCUT2D eigenvalue weighted by Gasteiger charge is -2.20. The SMILES string of the molecule is CC(=O)N(OCc1ccccc1)c1ccccc1. The molecule has 0 unspecified atom stereocenters. The highest BCUT2D eigenvalue weighted by atomic mass is 16.7. The second-order valence-corrected chi connectivity index (χ2v) is 3.91. The Hall–Kier alpha value is -2.13. The minimum absolute atomic E-state index is 0.142. The highest BCUT2D eigenvalue weighted by Crippen LogP contribution is 2.15. The first kappa shape index (κ1) is 12.3. The average Bonchev–Trinajstić information content (AvgIpc) is 2.41. The van der Waals surface area contributed by atoms with Crippen LogP contribution in [0.3, 0.4) is 0 Å². The van der Waals surface area contributed by atoms with Crippen molar-refractivity contribution in [2.75, 3.05) is 5.06 Å². The van der Waals surface area contributed by atoms with Gasteiger partial charge in [-0.2, -0.15) is 5.06 Å². The molecule has 2 aromatic carbocycles. The lowest BCUT2D eigenvalue weighted by Crippen LogP contribution is -2.28. The van der Waals surface area contributed by atoms with Crippen LogP contribution in [0.15, 0.2) is 60.7 Å². The van der Waals surface area contributed by atoms with Crippen LogP contribution in [0.2, 0.25) is 0 Å². The second-order valence-electron chi connectivity index (χ2n) is 3.91. The molecule has 0 N–H and O–H groups in total. The first-order valence-electron chi connectivity index (χ1n) is 5.80. The molecule has 1 amide bonds. The largest absolute Gasteiger partial charge is 0.273 e. The van der Waals surface area contributed by atoms with Crippen LogP contribution >= 0.6 is 0 Å². The van der Waals surface area contributed by atoms with E-state index in [-0.39, 0.29) is 5.91 Å². The number of hydrogen-bond acceptors (Lipinski definition) is 2. The lowest BCUT2D eigenvalue weighted by molar-refractivity contribution is -0.124. The van der Waals surface area contributed by atoms with E-state index in [0.29, 0.717) is 6.61 Å². The Bertz CT molecular complexity index is 496. The summed E-state index contributed by atoms with van der Waals surface area (Å²) < 4.78 is 0. The fourth-order valence-corrected chi connectivity index (χ4v) is 1.62. The van der Waals surface area contributed by atoms with Crippen LogP contribution in [0.25, 0.3) is 0 Å². The highest BCUT2D eigenvalue weighted by Gasteiger charge is 2.11. The fourth-order valence-electron chi connectivity index (χ4n) is 1.62. The lowest BCUT2D eigenvalue weighted by atomic mass is 10.2. The van der Waals surface area contributed by atoms with Gasteiger partial charge < -0.3 is 0 Å². The molecule has 0 spiro atoms. The molecule has 0 radical (unpaired) electrons. The highest BCUT2D eigenvalue weighted by molar-refractivity contribution is 5.89. The van der Waals surface area contributed by atoms with Gasteiger partial charge in [0.25, 0.3) is 0 Å². The van der Waals surface area contributed by atoms with Gasteiger partial charge in [-0.1, -0.05) is 48.5 Å². The number of amides is 1. The van der Waals surface area contributed by atoms with E-state index in [1.54, 1.807) is 0 Å². The van der Waals surface area contributed by atoms with E-state index >= 15 is 0 Å². The zero-order valence-electron chi connectivity index (χ0n) is 10.2. The Kier molecular flexibility index (Phi) is 4.10. The molecule has 18 heavy (non-hydrogen) atoms. The van der Waals surface area contributed by atoms with Gasteiger partial charge in [0.05, 0.1) is 5.69 Å². The monoisotopic (exact) mass is 241 g/mol. The van der Waals surface area contributed by atoms with Crippen molar-refractivity contribution in [1.29, 1.82) is 0 Å². The van der Waals surface area contributed by atoms with Crippen molar-refractivity contribution >= 4 is 11.6 Å². The Balaban J connectivity index is 2.06. The van der Waals surface area contributed by atoms with Crippen LogP contribution in [0.1, 0.15) is 12.5 Å². The van der Waals surface area contributed by atoms with Crippen LogP contribution in [-0.4, -0.2) is 5.91 Å². The molecular weight excluding hydrogens is 226 g/mol. The molecule has 0 fully saturated rings. The maximum absolute atomic E-state index is 11.6. The number of carbonyl (C=O) groups excluding carboxylic acids is 1. The van der Waals surface area contributed by atoms with Crippen LogP contribution < -0.4 is 5.06 Å². The third kappa shape index (κ3) is 3.18. The summed E-state index contributed by atoms with van der Waals surface area (Å²) in [5.41, 5.74) is 1.76. The number of carbonyl (C=O) groups is 1. The number of hydroxylamine groups is 1. The fraction of sp³-hybridized carbons (Fsp3) is 0.133. The van der Waals surface area contributed by atoms with Crippen molar-refractivity contribution in [2.24, 2.45) is 0 Å². The van der Waals surface area contributed by atoms with Gasteiger partial charge in [0.15, 0.2) is 0 Å². The van der Waals surface area contributed by atoms with Crippen molar-refractivity contribution in [3.05, 3.63) is 66.2 Å². The standard InChI is InChI=1S/C15H15NO2/c1-13(17)16(15-10-6-3-7-11-15)18-12-14-8-4-2-5-9-14/h2-11H,12H2,1H3. The van der Waals surface area contributed by atoms with Gasteiger partial charge >= 0.3 is 0 Å². The van der Waals surface area contributed by atoms with Gasteiger partial charge in [0.2, 0.25) is 5.91 Å². The molecule has 0 bridgehead atoms. The second kappa shape index (κ2) is 5.98. The summed E-state index contributed by atoms with van der Waals surface area (Å²) in [7, 11) is 0. The minimum Gasteiger partial charge on any atom is -0.273 e. The summed E-state index contributed by atoms with van der Waals surface area (Å²) in [5.74, 6) is -0.142. The van der Waals surface area contributed by atoms with E-state index in [9.17, 15) is 4.79 Å². The minimum atomic E-state index is -0.142. The molecule has 0 saturated heterocycles. The summed E-state index contributed by atoms with van der Waals surface area (Å²) in [6.45, 7) is 1.85. The number of rotatable bonds is 4. The quantitative estimate of drug-likeness (QED) is 0.769. The number of para-hydroxylation sites is 1.